The van der Waals surface area contributed by atoms with Crippen LogP contribution >= 0.6 is 11.6 Å². The Balaban J connectivity index is 2.83. The third kappa shape index (κ3) is 2.96. The van der Waals surface area contributed by atoms with Gasteiger partial charge in [-0.15, -0.1) is 0 Å². The molecule has 0 radical (unpaired) electrons. The molecule has 0 saturated carbocycles. The third-order valence-electron chi connectivity index (χ3n) is 1.96. The number of hydrogen-bond donors (Lipinski definition) is 1. The van der Waals surface area contributed by atoms with E-state index in [0.29, 0.717) is 17.3 Å². The van der Waals surface area contributed by atoms with Gasteiger partial charge >= 0.3 is 5.97 Å². The van der Waals surface area contributed by atoms with Gasteiger partial charge in [-0.2, -0.15) is 0 Å². The molecule has 1 N–H and O–H groups in total. The minimum Gasteiger partial charge on any atom is -0.481 e. The van der Waals surface area contributed by atoms with Gasteiger partial charge < -0.3 is 5.11 Å². The zero-order chi connectivity index (χ0) is 10.6. The van der Waals surface area contributed by atoms with E-state index in [1.165, 1.54) is 6.20 Å². The molecule has 0 aromatic carbocycles. The highest BCUT2D eigenvalue weighted by Crippen LogP contribution is 2.21. The highest BCUT2D eigenvalue weighted by Gasteiger charge is 2.15. The summed E-state index contributed by atoms with van der Waals surface area (Å²) in [7, 11) is 0. The fourth-order valence-corrected chi connectivity index (χ4v) is 1.38. The summed E-state index contributed by atoms with van der Waals surface area (Å²) in [5.41, 5.74) is 0.641. The fraction of sp³-hybridized carbons (Fsp3) is 0.444. The van der Waals surface area contributed by atoms with Crippen LogP contribution in [0.3, 0.4) is 0 Å². The van der Waals surface area contributed by atoms with E-state index >= 15 is 0 Å². The van der Waals surface area contributed by atoms with Gasteiger partial charge in [0.1, 0.15) is 5.15 Å². The molecule has 1 unspecified atom stereocenters. The number of rotatable bonds is 4. The normalized spacial score (nSPS) is 12.4. The average molecular weight is 215 g/mol. The maximum absolute atomic E-state index is 10.5. The Morgan fingerprint density at radius 2 is 2.36 bits per heavy atom. The van der Waals surface area contributed by atoms with Crippen LogP contribution in [0, 0.1) is 0 Å². The van der Waals surface area contributed by atoms with Crippen molar-refractivity contribution >= 4 is 17.6 Å². The maximum atomic E-state index is 10.5. The van der Waals surface area contributed by atoms with E-state index < -0.39 is 5.97 Å². The molecular weight excluding hydrogens is 204 g/mol. The SMILES string of the molecule is CCC(CC(=O)O)c1cncc(Cl)n1. The lowest BCUT2D eigenvalue weighted by atomic mass is 9.99. The summed E-state index contributed by atoms with van der Waals surface area (Å²) in [4.78, 5) is 18.5. The number of carbonyl (C=O) groups is 1. The van der Waals surface area contributed by atoms with E-state index in [1.54, 1.807) is 6.20 Å². The largest absolute Gasteiger partial charge is 0.481 e. The Bertz CT molecular complexity index is 330. The Morgan fingerprint density at radius 1 is 1.64 bits per heavy atom. The monoisotopic (exact) mass is 214 g/mol. The molecule has 1 aromatic rings. The van der Waals surface area contributed by atoms with Crippen molar-refractivity contribution in [1.82, 2.24) is 9.97 Å². The molecule has 0 aliphatic rings. The highest BCUT2D eigenvalue weighted by atomic mass is 35.5. The maximum Gasteiger partial charge on any atom is 0.304 e. The predicted molar refractivity (Wildman–Crippen MR) is 52.3 cm³/mol. The smallest absolute Gasteiger partial charge is 0.304 e. The van der Waals surface area contributed by atoms with E-state index in [2.05, 4.69) is 9.97 Å². The molecule has 0 fully saturated rings. The lowest BCUT2D eigenvalue weighted by molar-refractivity contribution is -0.137. The van der Waals surface area contributed by atoms with Crippen LogP contribution in [0.5, 0.6) is 0 Å². The van der Waals surface area contributed by atoms with Gasteiger partial charge in [-0.3, -0.25) is 9.78 Å². The number of hydrogen-bond acceptors (Lipinski definition) is 3. The fourth-order valence-electron chi connectivity index (χ4n) is 1.22. The molecule has 0 spiro atoms. The van der Waals surface area contributed by atoms with Crippen molar-refractivity contribution < 1.29 is 9.90 Å². The molecule has 0 aliphatic carbocycles. The molecule has 4 nitrogen and oxygen atoms in total. The van der Waals surface area contributed by atoms with Crippen LogP contribution in [-0.4, -0.2) is 21.0 Å². The molecule has 5 heteroatoms. The molecule has 1 atom stereocenters. The van der Waals surface area contributed by atoms with E-state index in [0.717, 1.165) is 0 Å². The first-order valence-corrected chi connectivity index (χ1v) is 4.70. The Hall–Kier alpha value is -1.16. The third-order valence-corrected chi connectivity index (χ3v) is 2.14. The second kappa shape index (κ2) is 4.91. The number of carboxylic acids is 1. The highest BCUT2D eigenvalue weighted by molar-refractivity contribution is 6.29. The molecule has 1 aromatic heterocycles. The van der Waals surface area contributed by atoms with Crippen molar-refractivity contribution in [3.05, 3.63) is 23.2 Å². The molecule has 76 valence electrons. The first-order chi connectivity index (χ1) is 6.63. The summed E-state index contributed by atoms with van der Waals surface area (Å²) in [6, 6.07) is 0. The Kier molecular flexibility index (Phi) is 3.83. The van der Waals surface area contributed by atoms with Gasteiger partial charge in [0.15, 0.2) is 0 Å². The summed E-state index contributed by atoms with van der Waals surface area (Å²) in [5.74, 6) is -0.947. The minimum absolute atomic E-state index is 0.0610. The van der Waals surface area contributed by atoms with Crippen molar-refractivity contribution in [3.8, 4) is 0 Å². The number of aromatic nitrogens is 2. The van der Waals surface area contributed by atoms with Crippen LogP contribution in [0.2, 0.25) is 5.15 Å². The van der Waals surface area contributed by atoms with Gasteiger partial charge in [-0.1, -0.05) is 18.5 Å². The Labute approximate surface area is 87.0 Å². The average Bonchev–Trinajstić information content (AvgIpc) is 2.14. The van der Waals surface area contributed by atoms with E-state index in [4.69, 9.17) is 16.7 Å². The number of halogens is 1. The minimum atomic E-state index is -0.835. The van der Waals surface area contributed by atoms with Crippen LogP contribution < -0.4 is 0 Å². The molecule has 1 heterocycles. The second-order valence-electron chi connectivity index (χ2n) is 2.97. The Morgan fingerprint density at radius 3 is 2.86 bits per heavy atom. The van der Waals surface area contributed by atoms with E-state index in [9.17, 15) is 4.79 Å². The van der Waals surface area contributed by atoms with Crippen molar-refractivity contribution in [1.29, 1.82) is 0 Å². The summed E-state index contributed by atoms with van der Waals surface area (Å²) < 4.78 is 0. The van der Waals surface area contributed by atoms with Gasteiger partial charge in [0.25, 0.3) is 0 Å². The van der Waals surface area contributed by atoms with Crippen LogP contribution in [0.1, 0.15) is 31.4 Å². The van der Waals surface area contributed by atoms with Crippen LogP contribution in [0.4, 0.5) is 0 Å². The van der Waals surface area contributed by atoms with Gasteiger partial charge in [0.2, 0.25) is 0 Å². The summed E-state index contributed by atoms with van der Waals surface area (Å²) >= 11 is 5.66. The van der Waals surface area contributed by atoms with Crippen molar-refractivity contribution in [2.45, 2.75) is 25.7 Å². The van der Waals surface area contributed by atoms with Crippen molar-refractivity contribution in [2.75, 3.05) is 0 Å². The summed E-state index contributed by atoms with van der Waals surface area (Å²) in [6.07, 6.45) is 3.76. The van der Waals surface area contributed by atoms with E-state index in [-0.39, 0.29) is 12.3 Å². The molecule has 1 rings (SSSR count). The quantitative estimate of drug-likeness (QED) is 0.834. The molecule has 0 aliphatic heterocycles. The van der Waals surface area contributed by atoms with Gasteiger partial charge in [0, 0.05) is 12.1 Å². The predicted octanol–water partition coefficient (Wildman–Crippen LogP) is 2.10. The first-order valence-electron chi connectivity index (χ1n) is 4.32. The van der Waals surface area contributed by atoms with Gasteiger partial charge in [0.05, 0.1) is 18.3 Å². The molecule has 0 bridgehead atoms. The second-order valence-corrected chi connectivity index (χ2v) is 3.36. The number of carboxylic acid groups (broad SMARTS) is 1. The van der Waals surface area contributed by atoms with Crippen LogP contribution in [0.15, 0.2) is 12.4 Å². The summed E-state index contributed by atoms with van der Waals surface area (Å²) in [6.45, 7) is 1.91. The van der Waals surface area contributed by atoms with Crippen molar-refractivity contribution in [2.24, 2.45) is 0 Å². The summed E-state index contributed by atoms with van der Waals surface area (Å²) in [5, 5.41) is 8.96. The first kappa shape index (κ1) is 10.9. The standard InChI is InChI=1S/C9H11ClN2O2/c1-2-6(3-9(13)14)7-4-11-5-8(10)12-7/h4-6H,2-3H2,1H3,(H,13,14). The van der Waals surface area contributed by atoms with Crippen LogP contribution in [-0.2, 0) is 4.79 Å². The molecule has 0 amide bonds. The number of nitrogens with zero attached hydrogens (tertiary/aromatic N) is 2. The molecule has 0 saturated heterocycles. The lowest BCUT2D eigenvalue weighted by Gasteiger charge is -2.10. The zero-order valence-electron chi connectivity index (χ0n) is 7.77. The van der Waals surface area contributed by atoms with Gasteiger partial charge in [-0.25, -0.2) is 4.98 Å². The lowest BCUT2D eigenvalue weighted by Crippen LogP contribution is -2.07. The zero-order valence-corrected chi connectivity index (χ0v) is 8.53. The number of aliphatic carboxylic acids is 1. The van der Waals surface area contributed by atoms with Crippen LogP contribution in [0.25, 0.3) is 0 Å². The molecule has 14 heavy (non-hydrogen) atoms. The van der Waals surface area contributed by atoms with E-state index in [1.807, 2.05) is 6.92 Å². The van der Waals surface area contributed by atoms with Crippen molar-refractivity contribution in [3.63, 3.8) is 0 Å². The topological polar surface area (TPSA) is 63.1 Å². The molecular formula is C9H11ClN2O2. The van der Waals surface area contributed by atoms with Gasteiger partial charge in [-0.05, 0) is 6.42 Å².